The number of hydrogen-bond acceptors (Lipinski definition) is 13. The van der Waals surface area contributed by atoms with E-state index in [9.17, 15) is 19.2 Å². The Bertz CT molecular complexity index is 1150. The molecular formula is C32H48N4O11. The van der Waals surface area contributed by atoms with Gasteiger partial charge in [-0.2, -0.15) is 0 Å². The Kier molecular flexibility index (Phi) is 16.5. The van der Waals surface area contributed by atoms with Crippen LogP contribution >= 0.6 is 0 Å². The lowest BCUT2D eigenvalue weighted by atomic mass is 10.0. The fourth-order valence-electron chi connectivity index (χ4n) is 5.36. The van der Waals surface area contributed by atoms with Crippen molar-refractivity contribution in [3.05, 3.63) is 29.3 Å². The number of nitrogens with one attached hydrogen (secondary N) is 3. The van der Waals surface area contributed by atoms with E-state index in [4.69, 9.17) is 33.2 Å². The zero-order valence-electron chi connectivity index (χ0n) is 27.0. The summed E-state index contributed by atoms with van der Waals surface area (Å²) >= 11 is 0. The quantitative estimate of drug-likeness (QED) is 0.102. The highest BCUT2D eigenvalue weighted by molar-refractivity contribution is 6.25. The summed E-state index contributed by atoms with van der Waals surface area (Å²) < 4.78 is 38.9. The van der Waals surface area contributed by atoms with Crippen molar-refractivity contribution in [3.8, 4) is 0 Å². The molecule has 15 heteroatoms. The number of anilines is 1. The van der Waals surface area contributed by atoms with E-state index in [2.05, 4.69) is 16.0 Å². The molecule has 0 bridgehead atoms. The molecule has 47 heavy (non-hydrogen) atoms. The van der Waals surface area contributed by atoms with Gasteiger partial charge in [0.1, 0.15) is 6.04 Å². The van der Waals surface area contributed by atoms with Crippen molar-refractivity contribution in [2.45, 2.75) is 37.8 Å². The fraction of sp³-hybridized carbons (Fsp3) is 0.688. The first kappa shape index (κ1) is 36.8. The highest BCUT2D eigenvalue weighted by Gasteiger charge is 2.45. The molecule has 4 rings (SSSR count). The number of carbonyl (C=O) groups excluding carboxylic acids is 4. The molecule has 0 aliphatic carbocycles. The van der Waals surface area contributed by atoms with Gasteiger partial charge >= 0.3 is 0 Å². The molecule has 3 N–H and O–H groups in total. The molecule has 0 aromatic heterocycles. The number of imide groups is 2. The number of hydrogen-bond donors (Lipinski definition) is 3. The van der Waals surface area contributed by atoms with Crippen LogP contribution in [0.3, 0.4) is 0 Å². The van der Waals surface area contributed by atoms with Gasteiger partial charge in [0.2, 0.25) is 11.8 Å². The lowest BCUT2D eigenvalue weighted by molar-refractivity contribution is -0.136. The third-order valence-electron chi connectivity index (χ3n) is 7.76. The average molecular weight is 665 g/mol. The maximum atomic E-state index is 13.1. The second-order valence-electron chi connectivity index (χ2n) is 11.1. The third kappa shape index (κ3) is 12.2. The first-order chi connectivity index (χ1) is 23.1. The molecule has 0 spiro atoms. The normalized spacial score (nSPS) is 18.6. The van der Waals surface area contributed by atoms with Gasteiger partial charge in [-0.1, -0.05) is 6.07 Å². The van der Waals surface area contributed by atoms with Crippen LogP contribution in [0.15, 0.2) is 18.2 Å². The molecule has 1 aromatic rings. The van der Waals surface area contributed by atoms with Crippen LogP contribution in [0.25, 0.3) is 0 Å². The van der Waals surface area contributed by atoms with Gasteiger partial charge in [0.15, 0.2) is 0 Å². The van der Waals surface area contributed by atoms with Gasteiger partial charge in [0.25, 0.3) is 11.8 Å². The van der Waals surface area contributed by atoms with Crippen molar-refractivity contribution < 1.29 is 52.3 Å². The maximum absolute atomic E-state index is 13.1. The zero-order valence-corrected chi connectivity index (χ0v) is 27.0. The van der Waals surface area contributed by atoms with E-state index in [1.807, 2.05) is 0 Å². The minimum absolute atomic E-state index is 0.0715. The summed E-state index contributed by atoms with van der Waals surface area (Å²) in [6, 6.07) is 3.92. The number of nitrogens with zero attached hydrogens (tertiary/aromatic N) is 1. The zero-order chi connectivity index (χ0) is 33.1. The Morgan fingerprint density at radius 1 is 0.681 bits per heavy atom. The molecule has 3 aliphatic rings. The van der Waals surface area contributed by atoms with Crippen LogP contribution in [0.4, 0.5) is 5.69 Å². The Morgan fingerprint density at radius 2 is 1.23 bits per heavy atom. The second kappa shape index (κ2) is 21.1. The van der Waals surface area contributed by atoms with Crippen molar-refractivity contribution >= 4 is 29.3 Å². The minimum Gasteiger partial charge on any atom is -0.382 e. The Balaban J connectivity index is 0.917. The summed E-state index contributed by atoms with van der Waals surface area (Å²) in [6.45, 7) is 8.66. The van der Waals surface area contributed by atoms with Crippen LogP contribution in [0.2, 0.25) is 0 Å². The molecule has 1 unspecified atom stereocenters. The summed E-state index contributed by atoms with van der Waals surface area (Å²) in [4.78, 5) is 50.8. The van der Waals surface area contributed by atoms with Crippen molar-refractivity contribution in [2.75, 3.05) is 111 Å². The molecule has 1 atom stereocenters. The molecule has 4 amide bonds. The molecule has 2 saturated heterocycles. The Labute approximate surface area is 275 Å². The lowest BCUT2D eigenvalue weighted by Gasteiger charge is -2.27. The largest absolute Gasteiger partial charge is 0.382 e. The summed E-state index contributed by atoms with van der Waals surface area (Å²) in [5.41, 5.74) is 0.928. The standard InChI is InChI=1S/C32H48N4O11/c37-28-5-4-27(30(38)35-28)36-31(39)25-2-1-3-26(29(25)32(36)40)34-10-11-41-12-13-42-14-15-43-16-17-44-18-19-45-20-21-46-22-23-47-24-6-8-33-9-7-24/h1-3,24,27,33-34H,4-23H2,(H,35,37,38). The number of piperidine rings is 2. The van der Waals surface area contributed by atoms with E-state index < -0.39 is 29.7 Å². The maximum Gasteiger partial charge on any atom is 0.264 e. The first-order valence-corrected chi connectivity index (χ1v) is 16.4. The van der Waals surface area contributed by atoms with Crippen LogP contribution in [0.1, 0.15) is 46.4 Å². The summed E-state index contributed by atoms with van der Waals surface area (Å²) in [7, 11) is 0. The average Bonchev–Trinajstić information content (AvgIpc) is 3.33. The Morgan fingerprint density at radius 3 is 1.81 bits per heavy atom. The molecule has 3 aliphatic heterocycles. The number of rotatable bonds is 24. The minimum atomic E-state index is -1.00. The van der Waals surface area contributed by atoms with Gasteiger partial charge in [-0.05, 0) is 44.5 Å². The van der Waals surface area contributed by atoms with E-state index in [1.165, 1.54) is 0 Å². The van der Waals surface area contributed by atoms with Crippen LogP contribution in [0.5, 0.6) is 0 Å². The van der Waals surface area contributed by atoms with E-state index in [0.29, 0.717) is 104 Å². The van der Waals surface area contributed by atoms with Crippen LogP contribution < -0.4 is 16.0 Å². The van der Waals surface area contributed by atoms with Gasteiger partial charge in [0.05, 0.1) is 103 Å². The summed E-state index contributed by atoms with van der Waals surface area (Å²) in [5.74, 6) is -2.15. The number of benzene rings is 1. The predicted octanol–water partition coefficient (Wildman–Crippen LogP) is 0.368. The van der Waals surface area contributed by atoms with Crippen molar-refractivity contribution in [1.82, 2.24) is 15.5 Å². The predicted molar refractivity (Wildman–Crippen MR) is 168 cm³/mol. The van der Waals surface area contributed by atoms with E-state index in [0.717, 1.165) is 30.8 Å². The SMILES string of the molecule is O=C1CCC(N2C(=O)c3cccc(NCCOCCOCCOCCOCCOCCOCCOC4CCNCC4)c3C2=O)C(=O)N1. The lowest BCUT2D eigenvalue weighted by Crippen LogP contribution is -2.54. The van der Waals surface area contributed by atoms with Crippen molar-refractivity contribution in [2.24, 2.45) is 0 Å². The van der Waals surface area contributed by atoms with Gasteiger partial charge in [-0.3, -0.25) is 29.4 Å². The molecule has 0 saturated carbocycles. The van der Waals surface area contributed by atoms with Crippen molar-refractivity contribution in [1.29, 1.82) is 0 Å². The Hall–Kier alpha value is -3.02. The highest BCUT2D eigenvalue weighted by Crippen LogP contribution is 2.32. The van der Waals surface area contributed by atoms with E-state index in [1.54, 1.807) is 18.2 Å². The topological polar surface area (TPSA) is 172 Å². The third-order valence-corrected chi connectivity index (χ3v) is 7.76. The van der Waals surface area contributed by atoms with Crippen LogP contribution in [-0.2, 0) is 42.7 Å². The number of amides is 4. The molecular weight excluding hydrogens is 616 g/mol. The molecule has 262 valence electrons. The number of ether oxygens (including phenoxy) is 7. The first-order valence-electron chi connectivity index (χ1n) is 16.4. The van der Waals surface area contributed by atoms with Gasteiger partial charge in [0, 0.05) is 18.7 Å². The molecule has 2 fully saturated rings. The molecule has 0 radical (unpaired) electrons. The van der Waals surface area contributed by atoms with Gasteiger partial charge in [-0.25, -0.2) is 0 Å². The summed E-state index contributed by atoms with van der Waals surface area (Å²) in [5, 5.41) is 8.65. The molecule has 3 heterocycles. The fourth-order valence-corrected chi connectivity index (χ4v) is 5.36. The van der Waals surface area contributed by atoms with Crippen molar-refractivity contribution in [3.63, 3.8) is 0 Å². The molecule has 15 nitrogen and oxygen atoms in total. The summed E-state index contributed by atoms with van der Waals surface area (Å²) in [6.07, 6.45) is 2.66. The monoisotopic (exact) mass is 664 g/mol. The van der Waals surface area contributed by atoms with Crippen LogP contribution in [0, 0.1) is 0 Å². The van der Waals surface area contributed by atoms with E-state index in [-0.39, 0.29) is 24.0 Å². The smallest absolute Gasteiger partial charge is 0.264 e. The number of carbonyl (C=O) groups is 4. The van der Waals surface area contributed by atoms with Crippen LogP contribution in [-0.4, -0.2) is 146 Å². The van der Waals surface area contributed by atoms with E-state index >= 15 is 0 Å². The second-order valence-corrected chi connectivity index (χ2v) is 11.1. The highest BCUT2D eigenvalue weighted by atomic mass is 16.6. The number of fused-ring (bicyclic) bond motifs is 1. The van der Waals surface area contributed by atoms with Gasteiger partial charge in [-0.15, -0.1) is 0 Å². The van der Waals surface area contributed by atoms with Gasteiger partial charge < -0.3 is 43.8 Å². The molecule has 1 aromatic carbocycles.